The summed E-state index contributed by atoms with van der Waals surface area (Å²) in [5.41, 5.74) is 1.09. The van der Waals surface area contributed by atoms with E-state index in [0.29, 0.717) is 16.4 Å². The van der Waals surface area contributed by atoms with Crippen molar-refractivity contribution in [3.8, 4) is 5.69 Å². The number of hydrogen-bond donors (Lipinski definition) is 2. The maximum absolute atomic E-state index is 11.8. The summed E-state index contributed by atoms with van der Waals surface area (Å²) < 4.78 is 1.56. The van der Waals surface area contributed by atoms with Crippen LogP contribution in [0.4, 0.5) is 5.69 Å². The van der Waals surface area contributed by atoms with E-state index in [9.17, 15) is 9.59 Å². The zero-order chi connectivity index (χ0) is 15.2. The largest absolute Gasteiger partial charge is 0.481 e. The summed E-state index contributed by atoms with van der Waals surface area (Å²) in [5, 5.41) is 15.8. The van der Waals surface area contributed by atoms with Gasteiger partial charge in [0.15, 0.2) is 0 Å². The van der Waals surface area contributed by atoms with Crippen LogP contribution < -0.4 is 5.32 Å². The Hall–Kier alpha value is -1.99. The van der Waals surface area contributed by atoms with Gasteiger partial charge in [-0.2, -0.15) is 5.10 Å². The minimum absolute atomic E-state index is 0.0529. The van der Waals surface area contributed by atoms with Crippen LogP contribution in [0.2, 0.25) is 5.02 Å². The molecule has 0 aliphatic heterocycles. The number of carboxylic acid groups (broad SMARTS) is 1. The third-order valence-corrected chi connectivity index (χ3v) is 3.68. The number of aromatic nitrogens is 2. The van der Waals surface area contributed by atoms with Gasteiger partial charge in [-0.05, 0) is 18.2 Å². The lowest BCUT2D eigenvalue weighted by molar-refractivity contribution is -0.133. The fraction of sp³-hybridized carbons (Fsp3) is 0.154. The lowest BCUT2D eigenvalue weighted by Crippen LogP contribution is -2.17. The van der Waals surface area contributed by atoms with Gasteiger partial charge in [-0.3, -0.25) is 9.59 Å². The SMILES string of the molecule is O=C(O)CSCC(=O)Nc1cccc(Cl)c1-n1cccn1. The number of hydrogen-bond acceptors (Lipinski definition) is 4. The van der Waals surface area contributed by atoms with Gasteiger partial charge in [0.2, 0.25) is 5.91 Å². The average molecular weight is 326 g/mol. The first-order valence-electron chi connectivity index (χ1n) is 5.96. The van der Waals surface area contributed by atoms with E-state index < -0.39 is 5.97 Å². The number of nitrogens with zero attached hydrogens (tertiary/aromatic N) is 2. The van der Waals surface area contributed by atoms with E-state index in [1.807, 2.05) is 0 Å². The van der Waals surface area contributed by atoms with E-state index in [1.54, 1.807) is 41.3 Å². The number of carboxylic acids is 1. The van der Waals surface area contributed by atoms with Gasteiger partial charge in [0, 0.05) is 12.4 Å². The van der Waals surface area contributed by atoms with Gasteiger partial charge in [-0.1, -0.05) is 17.7 Å². The molecule has 0 aliphatic rings. The Balaban J connectivity index is 2.12. The fourth-order valence-corrected chi connectivity index (χ4v) is 2.46. The molecule has 2 N–H and O–H groups in total. The highest BCUT2D eigenvalue weighted by Crippen LogP contribution is 2.28. The Kier molecular flexibility index (Phi) is 5.24. The Morgan fingerprint density at radius 1 is 1.33 bits per heavy atom. The number of anilines is 1. The lowest BCUT2D eigenvalue weighted by atomic mass is 10.2. The van der Waals surface area contributed by atoms with Gasteiger partial charge in [0.05, 0.1) is 22.2 Å². The van der Waals surface area contributed by atoms with E-state index in [4.69, 9.17) is 16.7 Å². The minimum Gasteiger partial charge on any atom is -0.481 e. The van der Waals surface area contributed by atoms with Crippen molar-refractivity contribution in [2.24, 2.45) is 0 Å². The van der Waals surface area contributed by atoms with Gasteiger partial charge < -0.3 is 10.4 Å². The summed E-state index contributed by atoms with van der Waals surface area (Å²) in [6.45, 7) is 0. The van der Waals surface area contributed by atoms with Crippen molar-refractivity contribution < 1.29 is 14.7 Å². The van der Waals surface area contributed by atoms with Gasteiger partial charge in [-0.25, -0.2) is 4.68 Å². The van der Waals surface area contributed by atoms with Crippen molar-refractivity contribution in [3.63, 3.8) is 0 Å². The zero-order valence-electron chi connectivity index (χ0n) is 10.8. The number of carbonyl (C=O) groups excluding carboxylic acids is 1. The predicted octanol–water partition coefficient (Wildman–Crippen LogP) is 2.28. The molecule has 0 radical (unpaired) electrons. The number of aliphatic carboxylic acids is 1. The molecule has 110 valence electrons. The molecule has 21 heavy (non-hydrogen) atoms. The standard InChI is InChI=1S/C13H12ClN3O3S/c14-9-3-1-4-10(13(9)17-6-2-5-15-17)16-11(18)7-21-8-12(19)20/h1-6H,7-8H2,(H,16,18)(H,19,20). The quantitative estimate of drug-likeness (QED) is 0.851. The van der Waals surface area contributed by atoms with Crippen LogP contribution in [0.25, 0.3) is 5.69 Å². The summed E-state index contributed by atoms with van der Waals surface area (Å²) in [6.07, 6.45) is 3.33. The maximum Gasteiger partial charge on any atom is 0.313 e. The normalized spacial score (nSPS) is 10.3. The fourth-order valence-electron chi connectivity index (χ4n) is 1.67. The van der Waals surface area contributed by atoms with Crippen molar-refractivity contribution in [3.05, 3.63) is 41.7 Å². The highest BCUT2D eigenvalue weighted by atomic mass is 35.5. The maximum atomic E-state index is 11.8. The van der Waals surface area contributed by atoms with E-state index in [-0.39, 0.29) is 17.4 Å². The van der Waals surface area contributed by atoms with E-state index >= 15 is 0 Å². The predicted molar refractivity (Wildman–Crippen MR) is 82.2 cm³/mol. The van der Waals surface area contributed by atoms with Crippen LogP contribution >= 0.6 is 23.4 Å². The number of rotatable bonds is 6. The van der Waals surface area contributed by atoms with Crippen LogP contribution in [0.3, 0.4) is 0 Å². The molecule has 1 aromatic carbocycles. The second-order valence-electron chi connectivity index (χ2n) is 4.02. The van der Waals surface area contributed by atoms with E-state index in [0.717, 1.165) is 11.8 Å². The molecular formula is C13H12ClN3O3S. The molecule has 0 bridgehead atoms. The third kappa shape index (κ3) is 4.24. The summed E-state index contributed by atoms with van der Waals surface area (Å²) in [6, 6.07) is 6.88. The first kappa shape index (κ1) is 15.4. The molecule has 2 rings (SSSR count). The molecule has 8 heteroatoms. The molecule has 1 aromatic heterocycles. The molecule has 0 saturated carbocycles. The molecule has 0 spiro atoms. The van der Waals surface area contributed by atoms with Crippen LogP contribution in [0.1, 0.15) is 0 Å². The number of amides is 1. The van der Waals surface area contributed by atoms with Crippen molar-refractivity contribution in [2.75, 3.05) is 16.8 Å². The van der Waals surface area contributed by atoms with Crippen LogP contribution in [0.15, 0.2) is 36.7 Å². The number of halogens is 1. The Bertz CT molecular complexity index is 646. The second kappa shape index (κ2) is 7.14. The molecule has 1 amide bonds. The summed E-state index contributed by atoms with van der Waals surface area (Å²) in [5.74, 6) is -1.31. The first-order chi connectivity index (χ1) is 10.1. The molecule has 6 nitrogen and oxygen atoms in total. The van der Waals surface area contributed by atoms with Crippen molar-refractivity contribution in [2.45, 2.75) is 0 Å². The van der Waals surface area contributed by atoms with Crippen LogP contribution in [0.5, 0.6) is 0 Å². The smallest absolute Gasteiger partial charge is 0.313 e. The molecule has 0 fully saturated rings. The van der Waals surface area contributed by atoms with Gasteiger partial charge >= 0.3 is 5.97 Å². The number of benzene rings is 1. The van der Waals surface area contributed by atoms with Crippen molar-refractivity contribution in [1.29, 1.82) is 0 Å². The van der Waals surface area contributed by atoms with Gasteiger partial charge in [-0.15, -0.1) is 11.8 Å². The highest BCUT2D eigenvalue weighted by molar-refractivity contribution is 8.00. The van der Waals surface area contributed by atoms with Crippen LogP contribution in [-0.2, 0) is 9.59 Å². The van der Waals surface area contributed by atoms with E-state index in [1.165, 1.54) is 0 Å². The number of para-hydroxylation sites is 1. The van der Waals surface area contributed by atoms with Gasteiger partial charge in [0.1, 0.15) is 5.69 Å². The molecule has 0 saturated heterocycles. The van der Waals surface area contributed by atoms with Crippen LogP contribution in [-0.4, -0.2) is 38.3 Å². The topological polar surface area (TPSA) is 84.2 Å². The summed E-state index contributed by atoms with van der Waals surface area (Å²) >= 11 is 7.18. The molecule has 0 unspecified atom stereocenters. The molecule has 0 atom stereocenters. The Morgan fingerprint density at radius 2 is 2.14 bits per heavy atom. The van der Waals surface area contributed by atoms with Crippen molar-refractivity contribution >= 4 is 40.9 Å². The summed E-state index contributed by atoms with van der Waals surface area (Å²) in [7, 11) is 0. The third-order valence-electron chi connectivity index (χ3n) is 2.45. The molecular weight excluding hydrogens is 314 g/mol. The number of carbonyl (C=O) groups is 2. The number of thioether (sulfide) groups is 1. The lowest BCUT2D eigenvalue weighted by Gasteiger charge is -2.12. The monoisotopic (exact) mass is 325 g/mol. The zero-order valence-corrected chi connectivity index (χ0v) is 12.4. The molecule has 0 aliphatic carbocycles. The second-order valence-corrected chi connectivity index (χ2v) is 5.41. The first-order valence-corrected chi connectivity index (χ1v) is 7.49. The van der Waals surface area contributed by atoms with Gasteiger partial charge in [0.25, 0.3) is 0 Å². The Morgan fingerprint density at radius 3 is 2.81 bits per heavy atom. The number of nitrogens with one attached hydrogen (secondary N) is 1. The van der Waals surface area contributed by atoms with Crippen molar-refractivity contribution in [1.82, 2.24) is 9.78 Å². The molecule has 1 heterocycles. The average Bonchev–Trinajstić information content (AvgIpc) is 2.92. The summed E-state index contributed by atoms with van der Waals surface area (Å²) in [4.78, 5) is 22.2. The van der Waals surface area contributed by atoms with E-state index in [2.05, 4.69) is 10.4 Å². The highest BCUT2D eigenvalue weighted by Gasteiger charge is 2.12. The molecule has 2 aromatic rings. The van der Waals surface area contributed by atoms with Crippen LogP contribution in [0, 0.1) is 0 Å². The Labute approximate surface area is 130 Å². The minimum atomic E-state index is -0.951.